The van der Waals surface area contributed by atoms with E-state index in [1.807, 2.05) is 33.8 Å². The van der Waals surface area contributed by atoms with Crippen LogP contribution in [0.25, 0.3) is 11.3 Å². The Morgan fingerprint density at radius 1 is 1.08 bits per heavy atom. The molecular weight excluding hydrogens is 313 g/mol. The molecule has 0 spiro atoms. The number of hydrogen-bond donors (Lipinski definition) is 0. The number of para-hydroxylation sites is 1. The van der Waals surface area contributed by atoms with E-state index < -0.39 is 32.0 Å². The van der Waals surface area contributed by atoms with Crippen molar-refractivity contribution in [2.75, 3.05) is 7.11 Å². The third-order valence-electron chi connectivity index (χ3n) is 4.94. The Bertz CT molecular complexity index is 972. The molecule has 5 heteroatoms. The number of ether oxygens (including phenoxy) is 1. The number of benzene rings is 1. The Balaban J connectivity index is 2.14. The van der Waals surface area contributed by atoms with E-state index in [4.69, 9.17) is 22.3 Å². The van der Waals surface area contributed by atoms with Gasteiger partial charge in [0, 0.05) is 25.4 Å². The van der Waals surface area contributed by atoms with E-state index in [0.29, 0.717) is 16.8 Å². The molecule has 1 fully saturated rings. The van der Waals surface area contributed by atoms with Gasteiger partial charge in [-0.1, -0.05) is 12.1 Å². The molecule has 0 bridgehead atoms. The minimum atomic E-state index is -2.61. The third kappa shape index (κ3) is 3.07. The number of pyridine rings is 1. The lowest BCUT2D eigenvalue weighted by atomic mass is 9.77. The maximum Gasteiger partial charge on any atom is 0.498 e. The number of nitrogens with zero attached hydrogens (tertiary/aromatic N) is 1. The van der Waals surface area contributed by atoms with E-state index in [2.05, 4.69) is 4.98 Å². The number of methoxy groups -OCH3 is 1. The zero-order chi connectivity index (χ0) is 23.4. The lowest BCUT2D eigenvalue weighted by molar-refractivity contribution is 0.00578. The Labute approximate surface area is 159 Å². The van der Waals surface area contributed by atoms with Crippen molar-refractivity contribution >= 4 is 12.6 Å². The average Bonchev–Trinajstić information content (AvgIpc) is 2.86. The second-order valence-electron chi connectivity index (χ2n) is 7.13. The number of aromatic nitrogens is 1. The fraction of sp³-hybridized carbons (Fsp3) is 0.450. The normalized spacial score (nSPS) is 23.0. The lowest BCUT2D eigenvalue weighted by Crippen LogP contribution is -2.41. The molecule has 0 atom stereocenters. The van der Waals surface area contributed by atoms with E-state index in [0.717, 1.165) is 6.20 Å². The van der Waals surface area contributed by atoms with Crippen LogP contribution in [0.3, 0.4) is 0 Å². The van der Waals surface area contributed by atoms with E-state index in [9.17, 15) is 0 Å². The predicted molar refractivity (Wildman–Crippen MR) is 101 cm³/mol. The molecule has 0 unspecified atom stereocenters. The van der Waals surface area contributed by atoms with E-state index >= 15 is 0 Å². The first-order valence-corrected chi connectivity index (χ1v) is 8.12. The van der Waals surface area contributed by atoms with Crippen molar-refractivity contribution in [3.63, 3.8) is 0 Å². The molecule has 4 nitrogen and oxygen atoms in total. The molecule has 132 valence electrons. The first kappa shape index (κ1) is 11.7. The smallest absolute Gasteiger partial charge is 0.496 e. The summed E-state index contributed by atoms with van der Waals surface area (Å²) in [6, 6.07) is 6.60. The molecule has 2 aromatic rings. The first-order chi connectivity index (χ1) is 14.1. The first-order valence-electron chi connectivity index (χ1n) is 11.1. The standard InChI is InChI=1S/C20H26BNO3/c1-13-11-17(22-12-14(13)2)15-9-8-10-16(18(15)23-7)21-24-19(3,4)20(5,6)25-21/h8-12H,1-7H3/i1D3,2D3. The molecule has 0 saturated carbocycles. The van der Waals surface area contributed by atoms with Crippen molar-refractivity contribution in [1.82, 2.24) is 4.98 Å². The molecule has 1 aromatic heterocycles. The van der Waals surface area contributed by atoms with Crippen LogP contribution in [0.15, 0.2) is 30.5 Å². The SMILES string of the molecule is [2H]C([2H])([2H])c1cnc(-c2cccc(B3OC(C)(C)C(C)(C)O3)c2OC)cc1C([2H])([2H])[2H]. The van der Waals surface area contributed by atoms with Crippen LogP contribution in [0.1, 0.15) is 47.0 Å². The van der Waals surface area contributed by atoms with Gasteiger partial charge in [0.1, 0.15) is 5.75 Å². The van der Waals surface area contributed by atoms with E-state index in [1.165, 1.54) is 13.2 Å². The molecule has 3 rings (SSSR count). The summed E-state index contributed by atoms with van der Waals surface area (Å²) in [4.78, 5) is 4.25. The fourth-order valence-corrected chi connectivity index (χ4v) is 2.74. The third-order valence-corrected chi connectivity index (χ3v) is 4.94. The summed E-state index contributed by atoms with van der Waals surface area (Å²) >= 11 is 0. The van der Waals surface area contributed by atoms with Crippen molar-refractivity contribution < 1.29 is 22.3 Å². The zero-order valence-corrected chi connectivity index (χ0v) is 15.1. The minimum absolute atomic E-state index is 0.263. The highest BCUT2D eigenvalue weighted by molar-refractivity contribution is 6.63. The average molecular weight is 345 g/mol. The second kappa shape index (κ2) is 6.15. The van der Waals surface area contributed by atoms with Crippen LogP contribution in [0.5, 0.6) is 5.75 Å². The maximum atomic E-state index is 7.80. The Hall–Kier alpha value is -1.85. The Kier molecular flexibility index (Phi) is 2.88. The summed E-state index contributed by atoms with van der Waals surface area (Å²) < 4.78 is 64.3. The van der Waals surface area contributed by atoms with Crippen molar-refractivity contribution in [3.05, 3.63) is 41.6 Å². The van der Waals surface area contributed by atoms with Crippen molar-refractivity contribution in [3.8, 4) is 17.0 Å². The van der Waals surface area contributed by atoms with Gasteiger partial charge in [0.2, 0.25) is 0 Å². The molecule has 0 N–H and O–H groups in total. The lowest BCUT2D eigenvalue weighted by Gasteiger charge is -2.32. The van der Waals surface area contributed by atoms with Crippen molar-refractivity contribution in [2.45, 2.75) is 52.6 Å². The fourth-order valence-electron chi connectivity index (χ4n) is 2.74. The van der Waals surface area contributed by atoms with Gasteiger partial charge in [-0.25, -0.2) is 0 Å². The van der Waals surface area contributed by atoms with Crippen LogP contribution in [0.2, 0.25) is 0 Å². The Morgan fingerprint density at radius 3 is 2.36 bits per heavy atom. The van der Waals surface area contributed by atoms with Crippen LogP contribution < -0.4 is 10.2 Å². The molecule has 0 radical (unpaired) electrons. The highest BCUT2D eigenvalue weighted by Crippen LogP contribution is 2.38. The molecule has 0 amide bonds. The largest absolute Gasteiger partial charge is 0.498 e. The highest BCUT2D eigenvalue weighted by Gasteiger charge is 2.52. The van der Waals surface area contributed by atoms with Crippen LogP contribution in [-0.2, 0) is 9.31 Å². The number of rotatable bonds is 3. The van der Waals surface area contributed by atoms with E-state index in [1.54, 1.807) is 12.1 Å². The van der Waals surface area contributed by atoms with Gasteiger partial charge < -0.3 is 14.0 Å². The molecule has 25 heavy (non-hydrogen) atoms. The molecule has 1 aromatic carbocycles. The summed E-state index contributed by atoms with van der Waals surface area (Å²) in [5, 5.41) is 0. The molecule has 2 heterocycles. The zero-order valence-electron chi connectivity index (χ0n) is 21.1. The summed E-state index contributed by atoms with van der Waals surface area (Å²) in [5.41, 5.74) is -0.222. The van der Waals surface area contributed by atoms with Crippen molar-refractivity contribution in [1.29, 1.82) is 0 Å². The Morgan fingerprint density at radius 2 is 1.76 bits per heavy atom. The number of hydrogen-bond acceptors (Lipinski definition) is 4. The summed E-state index contributed by atoms with van der Waals surface area (Å²) in [7, 11) is 0.804. The highest BCUT2D eigenvalue weighted by atomic mass is 16.7. The van der Waals surface area contributed by atoms with Gasteiger partial charge >= 0.3 is 7.12 Å². The topological polar surface area (TPSA) is 40.6 Å². The molecule has 1 aliphatic rings. The van der Waals surface area contributed by atoms with E-state index in [-0.39, 0.29) is 16.8 Å². The van der Waals surface area contributed by atoms with Gasteiger partial charge in [0.05, 0.1) is 24.0 Å². The molecule has 1 aliphatic heterocycles. The van der Waals surface area contributed by atoms with Gasteiger partial charge in [-0.15, -0.1) is 0 Å². The monoisotopic (exact) mass is 345 g/mol. The van der Waals surface area contributed by atoms with Crippen molar-refractivity contribution in [2.24, 2.45) is 0 Å². The van der Waals surface area contributed by atoms with Gasteiger partial charge in [0.25, 0.3) is 0 Å². The quantitative estimate of drug-likeness (QED) is 0.796. The summed E-state index contributed by atoms with van der Waals surface area (Å²) in [6.45, 7) is 2.58. The minimum Gasteiger partial charge on any atom is -0.496 e. The summed E-state index contributed by atoms with van der Waals surface area (Å²) in [5.74, 6) is 0.423. The van der Waals surface area contributed by atoms with Gasteiger partial charge in [-0.05, 0) is 64.7 Å². The van der Waals surface area contributed by atoms with Crippen LogP contribution in [-0.4, -0.2) is 30.4 Å². The van der Waals surface area contributed by atoms with Gasteiger partial charge in [-0.2, -0.15) is 0 Å². The van der Waals surface area contributed by atoms with Crippen LogP contribution >= 0.6 is 0 Å². The predicted octanol–water partition coefficient (Wildman–Crippen LogP) is 3.67. The second-order valence-corrected chi connectivity index (χ2v) is 7.13. The maximum absolute atomic E-state index is 7.80. The molecule has 0 aliphatic carbocycles. The number of aryl methyl sites for hydroxylation is 2. The van der Waals surface area contributed by atoms with Crippen LogP contribution in [0.4, 0.5) is 0 Å². The van der Waals surface area contributed by atoms with Gasteiger partial charge in [0.15, 0.2) is 0 Å². The molecule has 1 saturated heterocycles. The van der Waals surface area contributed by atoms with Crippen LogP contribution in [0, 0.1) is 13.7 Å². The summed E-state index contributed by atoms with van der Waals surface area (Å²) in [6.07, 6.45) is 1.10. The van der Waals surface area contributed by atoms with Gasteiger partial charge in [-0.3, -0.25) is 4.98 Å². The molecular formula is C20H26BNO3.